The van der Waals surface area contributed by atoms with E-state index in [0.717, 1.165) is 23.0 Å². The Morgan fingerprint density at radius 2 is 1.95 bits per heavy atom. The second-order valence-corrected chi connectivity index (χ2v) is 6.35. The quantitative estimate of drug-likeness (QED) is 0.650. The second kappa shape index (κ2) is 5.81. The van der Waals surface area contributed by atoms with E-state index in [4.69, 9.17) is 17.3 Å². The summed E-state index contributed by atoms with van der Waals surface area (Å²) in [5.41, 5.74) is 8.53. The lowest BCUT2D eigenvalue weighted by Crippen LogP contribution is -2.05. The maximum Gasteiger partial charge on any atom is 0.201 e. The second-order valence-electron chi connectivity index (χ2n) is 4.75. The van der Waals surface area contributed by atoms with Gasteiger partial charge in [-0.2, -0.15) is 0 Å². The van der Waals surface area contributed by atoms with Crippen LogP contribution in [0.15, 0.2) is 36.4 Å². The number of imidazole rings is 1. The lowest BCUT2D eigenvalue weighted by Gasteiger charge is -2.07. The van der Waals surface area contributed by atoms with Crippen molar-refractivity contribution in [3.05, 3.63) is 56.4 Å². The van der Waals surface area contributed by atoms with Crippen LogP contribution in [0.5, 0.6) is 0 Å². The molecule has 0 fully saturated rings. The van der Waals surface area contributed by atoms with Crippen molar-refractivity contribution in [2.24, 2.45) is 0 Å². The number of halogens is 3. The van der Waals surface area contributed by atoms with Crippen LogP contribution in [0, 0.1) is 9.39 Å². The van der Waals surface area contributed by atoms with Crippen molar-refractivity contribution in [1.29, 1.82) is 0 Å². The summed E-state index contributed by atoms with van der Waals surface area (Å²) in [6.07, 6.45) is 0.778. The summed E-state index contributed by atoms with van der Waals surface area (Å²) in [6, 6.07) is 10.9. The van der Waals surface area contributed by atoms with E-state index in [1.54, 1.807) is 6.07 Å². The Kier molecular flexibility index (Phi) is 4.03. The molecule has 0 aliphatic rings. The molecule has 0 atom stereocenters. The molecule has 3 rings (SSSR count). The number of hydrogen-bond acceptors (Lipinski definition) is 2. The Morgan fingerprint density at radius 1 is 1.24 bits per heavy atom. The third-order valence-electron chi connectivity index (χ3n) is 3.36. The molecule has 0 saturated carbocycles. The van der Waals surface area contributed by atoms with Crippen molar-refractivity contribution in [3.8, 4) is 0 Å². The predicted octanol–water partition coefficient (Wildman–Crippen LogP) is 4.26. The van der Waals surface area contributed by atoms with Gasteiger partial charge in [-0.05, 0) is 52.8 Å². The normalized spacial score (nSPS) is 11.2. The van der Waals surface area contributed by atoms with Crippen LogP contribution in [0.25, 0.3) is 11.0 Å². The molecule has 2 aromatic carbocycles. The minimum absolute atomic E-state index is 0.254. The number of nitrogens with two attached hydrogens (primary N) is 1. The largest absolute Gasteiger partial charge is 0.369 e. The molecule has 108 valence electrons. The number of benzene rings is 2. The van der Waals surface area contributed by atoms with Crippen LogP contribution in [-0.4, -0.2) is 9.55 Å². The van der Waals surface area contributed by atoms with Crippen LogP contribution < -0.4 is 5.73 Å². The molecule has 0 spiro atoms. The van der Waals surface area contributed by atoms with Gasteiger partial charge in [0.25, 0.3) is 0 Å². The first-order valence-corrected chi connectivity index (χ1v) is 7.85. The molecule has 3 aromatic rings. The zero-order chi connectivity index (χ0) is 15.0. The Balaban J connectivity index is 1.91. The van der Waals surface area contributed by atoms with Crippen molar-refractivity contribution < 1.29 is 4.39 Å². The summed E-state index contributed by atoms with van der Waals surface area (Å²) in [4.78, 5) is 4.29. The lowest BCUT2D eigenvalue weighted by atomic mass is 10.1. The zero-order valence-corrected chi connectivity index (χ0v) is 13.9. The summed E-state index contributed by atoms with van der Waals surface area (Å²) in [5, 5.41) is 0.711. The summed E-state index contributed by atoms with van der Waals surface area (Å²) in [5.74, 6) is 0.149. The first kappa shape index (κ1) is 14.6. The zero-order valence-electron chi connectivity index (χ0n) is 11.0. The van der Waals surface area contributed by atoms with Crippen molar-refractivity contribution in [2.45, 2.75) is 13.0 Å². The van der Waals surface area contributed by atoms with Gasteiger partial charge in [0.15, 0.2) is 0 Å². The molecule has 3 nitrogen and oxygen atoms in total. The van der Waals surface area contributed by atoms with Gasteiger partial charge in [-0.1, -0.05) is 23.7 Å². The number of nitrogen functional groups attached to an aromatic ring is 1. The van der Waals surface area contributed by atoms with Crippen molar-refractivity contribution in [3.63, 3.8) is 0 Å². The Hall–Kier alpha value is -1.34. The molecule has 0 radical (unpaired) electrons. The minimum Gasteiger partial charge on any atom is -0.369 e. The number of aromatic nitrogens is 2. The Labute approximate surface area is 140 Å². The van der Waals surface area contributed by atoms with Crippen molar-refractivity contribution >= 4 is 51.2 Å². The number of aryl methyl sites for hydroxylation is 2. The first-order chi connectivity index (χ1) is 10.0. The first-order valence-electron chi connectivity index (χ1n) is 6.40. The Bertz CT molecular complexity index is 799. The van der Waals surface area contributed by atoms with Crippen LogP contribution in [0.2, 0.25) is 5.02 Å². The fourth-order valence-electron chi connectivity index (χ4n) is 2.27. The van der Waals surface area contributed by atoms with Crippen molar-refractivity contribution in [2.75, 3.05) is 5.73 Å². The van der Waals surface area contributed by atoms with E-state index in [0.29, 0.717) is 21.1 Å². The monoisotopic (exact) mass is 415 g/mol. The van der Waals surface area contributed by atoms with Crippen LogP contribution in [0.1, 0.15) is 5.56 Å². The van der Waals surface area contributed by atoms with E-state index in [-0.39, 0.29) is 5.82 Å². The molecule has 21 heavy (non-hydrogen) atoms. The number of fused-ring (bicyclic) bond motifs is 1. The smallest absolute Gasteiger partial charge is 0.201 e. The molecule has 2 N–H and O–H groups in total. The molecule has 0 amide bonds. The van der Waals surface area contributed by atoms with E-state index in [1.165, 1.54) is 6.07 Å². The average molecular weight is 416 g/mol. The summed E-state index contributed by atoms with van der Waals surface area (Å²) in [6.45, 7) is 0.643. The lowest BCUT2D eigenvalue weighted by molar-refractivity contribution is 0.620. The van der Waals surface area contributed by atoms with Gasteiger partial charge in [0, 0.05) is 17.6 Å². The van der Waals surface area contributed by atoms with Gasteiger partial charge < -0.3 is 10.3 Å². The van der Waals surface area contributed by atoms with E-state index >= 15 is 0 Å². The summed E-state index contributed by atoms with van der Waals surface area (Å²) < 4.78 is 16.1. The van der Waals surface area contributed by atoms with E-state index in [2.05, 4.69) is 4.98 Å². The maximum atomic E-state index is 13.7. The molecule has 0 aliphatic heterocycles. The van der Waals surface area contributed by atoms with Gasteiger partial charge in [0.05, 0.1) is 14.6 Å². The molecular weight excluding hydrogens is 404 g/mol. The minimum atomic E-state index is -0.254. The standard InChI is InChI=1S/C15H12ClFIN3/c16-10-3-1-9(2-4-10)5-6-21-14-7-11(17)12(18)8-13(14)20-15(21)19/h1-4,7-8H,5-6H2,(H2,19,20). The predicted molar refractivity (Wildman–Crippen MR) is 92.0 cm³/mol. The third kappa shape index (κ3) is 2.98. The summed E-state index contributed by atoms with van der Waals surface area (Å²) in [7, 11) is 0. The highest BCUT2D eigenvalue weighted by Gasteiger charge is 2.11. The van der Waals surface area contributed by atoms with Gasteiger partial charge in [0.2, 0.25) is 5.95 Å². The molecule has 0 aliphatic carbocycles. The van der Waals surface area contributed by atoms with Crippen LogP contribution >= 0.6 is 34.2 Å². The third-order valence-corrected chi connectivity index (χ3v) is 4.44. The highest BCUT2D eigenvalue weighted by molar-refractivity contribution is 14.1. The van der Waals surface area contributed by atoms with Crippen LogP contribution in [0.3, 0.4) is 0 Å². The van der Waals surface area contributed by atoms with Gasteiger partial charge in [-0.3, -0.25) is 0 Å². The van der Waals surface area contributed by atoms with Gasteiger partial charge in [0.1, 0.15) is 5.82 Å². The van der Waals surface area contributed by atoms with Gasteiger partial charge >= 0.3 is 0 Å². The molecule has 1 aromatic heterocycles. The van der Waals surface area contributed by atoms with Crippen LogP contribution in [-0.2, 0) is 13.0 Å². The fraction of sp³-hybridized carbons (Fsp3) is 0.133. The average Bonchev–Trinajstić information content (AvgIpc) is 2.74. The number of rotatable bonds is 3. The van der Waals surface area contributed by atoms with E-state index in [9.17, 15) is 4.39 Å². The highest BCUT2D eigenvalue weighted by Crippen LogP contribution is 2.23. The molecule has 0 saturated heterocycles. The van der Waals surface area contributed by atoms with Gasteiger partial charge in [-0.25, -0.2) is 9.37 Å². The fourth-order valence-corrected chi connectivity index (χ4v) is 2.84. The maximum absolute atomic E-state index is 13.7. The van der Waals surface area contributed by atoms with E-state index < -0.39 is 0 Å². The summed E-state index contributed by atoms with van der Waals surface area (Å²) >= 11 is 7.82. The van der Waals surface area contributed by atoms with Gasteiger partial charge in [-0.15, -0.1) is 0 Å². The molecular formula is C15H12ClFIN3. The number of hydrogen-bond donors (Lipinski definition) is 1. The number of anilines is 1. The topological polar surface area (TPSA) is 43.8 Å². The SMILES string of the molecule is Nc1nc2cc(I)c(F)cc2n1CCc1ccc(Cl)cc1. The van der Waals surface area contributed by atoms with Crippen LogP contribution in [0.4, 0.5) is 10.3 Å². The van der Waals surface area contributed by atoms with E-state index in [1.807, 2.05) is 51.4 Å². The molecule has 0 bridgehead atoms. The van der Waals surface area contributed by atoms with Crippen molar-refractivity contribution in [1.82, 2.24) is 9.55 Å². The highest BCUT2D eigenvalue weighted by atomic mass is 127. The molecule has 1 heterocycles. The molecule has 0 unspecified atom stereocenters. The molecule has 6 heteroatoms. The Morgan fingerprint density at radius 3 is 2.67 bits per heavy atom. The number of nitrogens with zero attached hydrogens (tertiary/aromatic N) is 2.